The Kier molecular flexibility index (Phi) is 3.82. The van der Waals surface area contributed by atoms with Crippen molar-refractivity contribution in [2.24, 2.45) is 0 Å². The van der Waals surface area contributed by atoms with Crippen molar-refractivity contribution in [1.29, 1.82) is 0 Å². The van der Waals surface area contributed by atoms with Crippen LogP contribution in [0.3, 0.4) is 0 Å². The van der Waals surface area contributed by atoms with E-state index in [0.717, 1.165) is 16.1 Å². The molecule has 1 aromatic rings. The van der Waals surface area contributed by atoms with Crippen LogP contribution in [-0.2, 0) is 6.54 Å². The van der Waals surface area contributed by atoms with E-state index in [1.54, 1.807) is 0 Å². The minimum absolute atomic E-state index is 0.625. The van der Waals surface area contributed by atoms with Gasteiger partial charge in [-0.1, -0.05) is 28.1 Å². The van der Waals surface area contributed by atoms with E-state index in [1.165, 1.54) is 18.4 Å². The highest BCUT2D eigenvalue weighted by molar-refractivity contribution is 9.10. The molecule has 0 heterocycles. The van der Waals surface area contributed by atoms with Gasteiger partial charge in [0.2, 0.25) is 0 Å². The summed E-state index contributed by atoms with van der Waals surface area (Å²) in [6.45, 7) is 0.853. The van der Waals surface area contributed by atoms with Crippen molar-refractivity contribution in [2.45, 2.75) is 25.4 Å². The third-order valence-electron chi connectivity index (χ3n) is 2.58. The molecule has 0 aromatic heterocycles. The first-order chi connectivity index (χ1) is 7.65. The molecule has 1 fully saturated rings. The van der Waals surface area contributed by atoms with E-state index in [4.69, 9.17) is 12.2 Å². The first-order valence-electron chi connectivity index (χ1n) is 5.41. The van der Waals surface area contributed by atoms with Crippen LogP contribution in [0.15, 0.2) is 28.7 Å². The quantitative estimate of drug-likeness (QED) is 0.864. The first-order valence-corrected chi connectivity index (χ1v) is 6.61. The van der Waals surface area contributed by atoms with E-state index >= 15 is 0 Å². The topological polar surface area (TPSA) is 15.3 Å². The second-order valence-corrected chi connectivity index (χ2v) is 5.51. The number of benzene rings is 1. The Morgan fingerprint density at radius 3 is 2.62 bits per heavy atom. The predicted molar refractivity (Wildman–Crippen MR) is 74.4 cm³/mol. The molecule has 1 saturated carbocycles. The van der Waals surface area contributed by atoms with Crippen molar-refractivity contribution in [3.05, 3.63) is 34.3 Å². The standard InChI is InChI=1S/C12H15BrN2S/c1-15(12(16)14-11-6-7-11)8-9-2-4-10(13)5-3-9/h2-5,11H,6-8H2,1H3,(H,14,16). The molecule has 4 heteroatoms. The van der Waals surface area contributed by atoms with Crippen LogP contribution in [0, 0.1) is 0 Å². The molecule has 0 radical (unpaired) electrons. The van der Waals surface area contributed by atoms with Crippen LogP contribution < -0.4 is 5.32 Å². The van der Waals surface area contributed by atoms with Crippen molar-refractivity contribution < 1.29 is 0 Å². The Labute approximate surface area is 110 Å². The molecular weight excluding hydrogens is 284 g/mol. The van der Waals surface area contributed by atoms with Gasteiger partial charge < -0.3 is 10.2 Å². The summed E-state index contributed by atoms with van der Waals surface area (Å²) in [6, 6.07) is 8.96. The lowest BCUT2D eigenvalue weighted by atomic mass is 10.2. The number of rotatable bonds is 3. The molecule has 1 aliphatic rings. The maximum absolute atomic E-state index is 5.32. The van der Waals surface area contributed by atoms with Crippen LogP contribution in [0.5, 0.6) is 0 Å². The van der Waals surface area contributed by atoms with Crippen LogP contribution >= 0.6 is 28.1 Å². The molecule has 0 bridgehead atoms. The van der Waals surface area contributed by atoms with Gasteiger partial charge in [-0.25, -0.2) is 0 Å². The molecular formula is C12H15BrN2S. The highest BCUT2D eigenvalue weighted by Gasteiger charge is 2.22. The van der Waals surface area contributed by atoms with Gasteiger partial charge in [0.1, 0.15) is 0 Å². The van der Waals surface area contributed by atoms with Crippen molar-refractivity contribution in [1.82, 2.24) is 10.2 Å². The summed E-state index contributed by atoms with van der Waals surface area (Å²) in [5.74, 6) is 0. The van der Waals surface area contributed by atoms with E-state index < -0.39 is 0 Å². The molecule has 0 saturated heterocycles. The van der Waals surface area contributed by atoms with Crippen LogP contribution in [-0.4, -0.2) is 23.1 Å². The van der Waals surface area contributed by atoms with Gasteiger partial charge in [0.15, 0.2) is 5.11 Å². The number of hydrogen-bond acceptors (Lipinski definition) is 1. The van der Waals surface area contributed by atoms with E-state index in [-0.39, 0.29) is 0 Å². The molecule has 2 rings (SSSR count). The number of hydrogen-bond donors (Lipinski definition) is 1. The highest BCUT2D eigenvalue weighted by Crippen LogP contribution is 2.19. The molecule has 0 amide bonds. The lowest BCUT2D eigenvalue weighted by Crippen LogP contribution is -2.37. The smallest absolute Gasteiger partial charge is 0.169 e. The van der Waals surface area contributed by atoms with Gasteiger partial charge >= 0.3 is 0 Å². The lowest BCUT2D eigenvalue weighted by molar-refractivity contribution is 0.488. The fourth-order valence-corrected chi connectivity index (χ4v) is 1.94. The molecule has 0 unspecified atom stereocenters. The molecule has 16 heavy (non-hydrogen) atoms. The third kappa shape index (κ3) is 3.46. The van der Waals surface area contributed by atoms with Crippen LogP contribution in [0.1, 0.15) is 18.4 Å². The Bertz CT molecular complexity index is 373. The maximum Gasteiger partial charge on any atom is 0.169 e. The lowest BCUT2D eigenvalue weighted by Gasteiger charge is -2.21. The molecule has 1 N–H and O–H groups in total. The monoisotopic (exact) mass is 298 g/mol. The summed E-state index contributed by atoms with van der Waals surface area (Å²) in [5, 5.41) is 4.19. The molecule has 0 aliphatic heterocycles. The first kappa shape index (κ1) is 11.9. The molecule has 1 aliphatic carbocycles. The second-order valence-electron chi connectivity index (χ2n) is 4.21. The number of halogens is 1. The molecule has 0 spiro atoms. The van der Waals surface area contributed by atoms with Gasteiger partial charge in [-0.2, -0.15) is 0 Å². The van der Waals surface area contributed by atoms with Crippen molar-refractivity contribution >= 4 is 33.3 Å². The van der Waals surface area contributed by atoms with Crippen molar-refractivity contribution in [2.75, 3.05) is 7.05 Å². The fourth-order valence-electron chi connectivity index (χ4n) is 1.45. The van der Waals surface area contributed by atoms with Gasteiger partial charge in [0.25, 0.3) is 0 Å². The molecule has 86 valence electrons. The van der Waals surface area contributed by atoms with Gasteiger partial charge in [-0.15, -0.1) is 0 Å². The van der Waals surface area contributed by atoms with E-state index in [2.05, 4.69) is 50.4 Å². The van der Waals surface area contributed by atoms with Crippen LogP contribution in [0.4, 0.5) is 0 Å². The zero-order valence-corrected chi connectivity index (χ0v) is 11.6. The Morgan fingerprint density at radius 1 is 1.44 bits per heavy atom. The Hall–Kier alpha value is -0.610. The average Bonchev–Trinajstić information content (AvgIpc) is 3.05. The van der Waals surface area contributed by atoms with Crippen molar-refractivity contribution in [3.8, 4) is 0 Å². The fraction of sp³-hybridized carbons (Fsp3) is 0.417. The number of nitrogens with one attached hydrogen (secondary N) is 1. The maximum atomic E-state index is 5.32. The van der Waals surface area contributed by atoms with Crippen LogP contribution in [0.25, 0.3) is 0 Å². The zero-order chi connectivity index (χ0) is 11.5. The second kappa shape index (κ2) is 5.15. The minimum atomic E-state index is 0.625. The minimum Gasteiger partial charge on any atom is -0.360 e. The highest BCUT2D eigenvalue weighted by atomic mass is 79.9. The Morgan fingerprint density at radius 2 is 2.06 bits per heavy atom. The summed E-state index contributed by atoms with van der Waals surface area (Å²) < 4.78 is 1.11. The van der Waals surface area contributed by atoms with Gasteiger partial charge in [0.05, 0.1) is 0 Å². The normalized spacial score (nSPS) is 14.6. The van der Waals surface area contributed by atoms with Gasteiger partial charge in [-0.05, 0) is 42.8 Å². The Balaban J connectivity index is 1.87. The number of nitrogens with zero attached hydrogens (tertiary/aromatic N) is 1. The van der Waals surface area contributed by atoms with E-state index in [0.29, 0.717) is 6.04 Å². The summed E-state index contributed by atoms with van der Waals surface area (Å²) in [7, 11) is 2.03. The SMILES string of the molecule is CN(Cc1ccc(Br)cc1)C(=S)NC1CC1. The summed E-state index contributed by atoms with van der Waals surface area (Å²) in [4.78, 5) is 2.08. The average molecular weight is 299 g/mol. The number of thiocarbonyl (C=S) groups is 1. The van der Waals surface area contributed by atoms with E-state index in [1.807, 2.05) is 7.05 Å². The van der Waals surface area contributed by atoms with E-state index in [9.17, 15) is 0 Å². The van der Waals surface area contributed by atoms with Gasteiger partial charge in [-0.3, -0.25) is 0 Å². The third-order valence-corrected chi connectivity index (χ3v) is 3.54. The predicted octanol–water partition coefficient (Wildman–Crippen LogP) is 2.92. The summed E-state index contributed by atoms with van der Waals surface area (Å²) in [6.07, 6.45) is 2.51. The molecule has 0 atom stereocenters. The van der Waals surface area contributed by atoms with Crippen molar-refractivity contribution in [3.63, 3.8) is 0 Å². The molecule has 1 aromatic carbocycles. The largest absolute Gasteiger partial charge is 0.360 e. The summed E-state index contributed by atoms with van der Waals surface area (Å²) >= 11 is 8.75. The summed E-state index contributed by atoms with van der Waals surface area (Å²) in [5.41, 5.74) is 1.27. The zero-order valence-electron chi connectivity index (χ0n) is 9.24. The van der Waals surface area contributed by atoms with Gasteiger partial charge in [0, 0.05) is 24.1 Å². The van der Waals surface area contributed by atoms with Crippen LogP contribution in [0.2, 0.25) is 0 Å². The molecule has 2 nitrogen and oxygen atoms in total.